The van der Waals surface area contributed by atoms with Gasteiger partial charge in [0.15, 0.2) is 6.61 Å². The van der Waals surface area contributed by atoms with Crippen LogP contribution >= 0.6 is 0 Å². The van der Waals surface area contributed by atoms with Crippen molar-refractivity contribution in [2.75, 3.05) is 18.5 Å². The van der Waals surface area contributed by atoms with Crippen LogP contribution in [-0.4, -0.2) is 41.9 Å². The first-order valence-corrected chi connectivity index (χ1v) is 9.94. The highest BCUT2D eigenvalue weighted by atomic mass is 16.5. The number of hydrogen-bond acceptors (Lipinski definition) is 5. The number of hydrazine groups is 1. The van der Waals surface area contributed by atoms with E-state index in [1.165, 1.54) is 0 Å². The first-order chi connectivity index (χ1) is 14.7. The molecule has 8 nitrogen and oxygen atoms in total. The summed E-state index contributed by atoms with van der Waals surface area (Å²) in [6, 6.07) is 12.4. The summed E-state index contributed by atoms with van der Waals surface area (Å²) in [5.74, 6) is -2.70. The summed E-state index contributed by atoms with van der Waals surface area (Å²) >= 11 is 0. The number of ether oxygens (including phenoxy) is 1. The van der Waals surface area contributed by atoms with Crippen molar-refractivity contribution < 1.29 is 23.9 Å². The highest BCUT2D eigenvalue weighted by Crippen LogP contribution is 2.18. The second kappa shape index (κ2) is 9.42. The number of nitrogens with zero attached hydrogens (tertiary/aromatic N) is 1. The fourth-order valence-corrected chi connectivity index (χ4v) is 3.14. The molecule has 3 rings (SSSR count). The molecule has 0 aromatic heterocycles. The first-order valence-electron chi connectivity index (χ1n) is 9.94. The van der Waals surface area contributed by atoms with E-state index in [9.17, 15) is 19.2 Å². The summed E-state index contributed by atoms with van der Waals surface area (Å²) in [5, 5.41) is 3.79. The van der Waals surface area contributed by atoms with Crippen molar-refractivity contribution in [1.82, 2.24) is 10.4 Å². The van der Waals surface area contributed by atoms with Crippen LogP contribution in [0.5, 0.6) is 0 Å². The van der Waals surface area contributed by atoms with Crippen molar-refractivity contribution in [3.05, 3.63) is 64.7 Å². The SMILES string of the molecule is Cc1ccc(C(=O)NN2C[C@H](C(=O)OCC(=O)Nc3ccc(C)c(C)c3)CC2=O)cc1. The Morgan fingerprint density at radius 3 is 2.42 bits per heavy atom. The molecule has 0 spiro atoms. The number of nitrogens with one attached hydrogen (secondary N) is 2. The molecule has 1 heterocycles. The molecule has 0 bridgehead atoms. The second-order valence-corrected chi connectivity index (χ2v) is 7.67. The molecule has 0 radical (unpaired) electrons. The Balaban J connectivity index is 1.48. The average Bonchev–Trinajstić information content (AvgIpc) is 3.10. The number of benzene rings is 2. The normalized spacial score (nSPS) is 15.5. The van der Waals surface area contributed by atoms with Gasteiger partial charge in [-0.25, -0.2) is 0 Å². The Labute approximate surface area is 180 Å². The van der Waals surface area contributed by atoms with Gasteiger partial charge in [0.05, 0.1) is 12.5 Å². The monoisotopic (exact) mass is 423 g/mol. The maximum atomic E-state index is 12.3. The van der Waals surface area contributed by atoms with E-state index in [2.05, 4.69) is 10.7 Å². The molecular weight excluding hydrogens is 398 g/mol. The molecule has 1 aliphatic rings. The standard InChI is InChI=1S/C23H25N3O5/c1-14-4-7-17(8-5-14)22(29)25-26-12-18(11-21(26)28)23(30)31-13-20(27)24-19-9-6-15(2)16(3)10-19/h4-10,18H,11-13H2,1-3H3,(H,24,27)(H,25,29)/t18-/m1/s1. The number of rotatable bonds is 6. The molecule has 1 saturated heterocycles. The van der Waals surface area contributed by atoms with Crippen LogP contribution < -0.4 is 10.7 Å². The predicted octanol–water partition coefficient (Wildman–Crippen LogP) is 2.29. The Morgan fingerprint density at radius 1 is 1.03 bits per heavy atom. The zero-order valence-corrected chi connectivity index (χ0v) is 17.7. The van der Waals surface area contributed by atoms with Crippen molar-refractivity contribution in [1.29, 1.82) is 0 Å². The van der Waals surface area contributed by atoms with Gasteiger partial charge in [0.2, 0.25) is 5.91 Å². The molecule has 2 N–H and O–H groups in total. The number of esters is 1. The Morgan fingerprint density at radius 2 is 1.74 bits per heavy atom. The number of carbonyl (C=O) groups is 4. The molecule has 1 atom stereocenters. The van der Waals surface area contributed by atoms with Gasteiger partial charge in [0.1, 0.15) is 0 Å². The predicted molar refractivity (Wildman–Crippen MR) is 114 cm³/mol. The van der Waals surface area contributed by atoms with Crippen molar-refractivity contribution in [3.8, 4) is 0 Å². The molecule has 0 aliphatic carbocycles. The topological polar surface area (TPSA) is 105 Å². The van der Waals surface area contributed by atoms with E-state index >= 15 is 0 Å². The zero-order valence-electron chi connectivity index (χ0n) is 17.7. The molecule has 1 fully saturated rings. The minimum atomic E-state index is -0.750. The van der Waals surface area contributed by atoms with Crippen LogP contribution in [0.2, 0.25) is 0 Å². The highest BCUT2D eigenvalue weighted by molar-refractivity contribution is 5.97. The molecule has 8 heteroatoms. The molecule has 1 aliphatic heterocycles. The van der Waals surface area contributed by atoms with Gasteiger partial charge in [0, 0.05) is 17.7 Å². The fourth-order valence-electron chi connectivity index (χ4n) is 3.14. The maximum absolute atomic E-state index is 12.3. The molecular formula is C23H25N3O5. The lowest BCUT2D eigenvalue weighted by atomic mass is 10.1. The molecule has 162 valence electrons. The van der Waals surface area contributed by atoms with Crippen molar-refractivity contribution in [3.63, 3.8) is 0 Å². The zero-order chi connectivity index (χ0) is 22.5. The molecule has 0 unspecified atom stereocenters. The van der Waals surface area contributed by atoms with Crippen LogP contribution in [0.3, 0.4) is 0 Å². The number of amides is 3. The van der Waals surface area contributed by atoms with E-state index in [4.69, 9.17) is 4.74 Å². The first kappa shape index (κ1) is 22.0. The number of hydrogen-bond donors (Lipinski definition) is 2. The van der Waals surface area contributed by atoms with Gasteiger partial charge >= 0.3 is 5.97 Å². The summed E-state index contributed by atoms with van der Waals surface area (Å²) in [7, 11) is 0. The smallest absolute Gasteiger partial charge is 0.311 e. The highest BCUT2D eigenvalue weighted by Gasteiger charge is 2.36. The van der Waals surface area contributed by atoms with E-state index in [0.717, 1.165) is 21.7 Å². The minimum absolute atomic E-state index is 0.00591. The molecule has 2 aromatic rings. The summed E-state index contributed by atoms with van der Waals surface area (Å²) in [4.78, 5) is 48.8. The Bertz CT molecular complexity index is 1020. The quantitative estimate of drug-likeness (QED) is 0.694. The minimum Gasteiger partial charge on any atom is -0.455 e. The Kier molecular flexibility index (Phi) is 6.69. The van der Waals surface area contributed by atoms with Gasteiger partial charge in [-0.15, -0.1) is 0 Å². The lowest BCUT2D eigenvalue weighted by Gasteiger charge is -2.17. The van der Waals surface area contributed by atoms with Crippen LogP contribution in [0.15, 0.2) is 42.5 Å². The largest absolute Gasteiger partial charge is 0.455 e. The third-order valence-electron chi connectivity index (χ3n) is 5.14. The summed E-state index contributed by atoms with van der Waals surface area (Å²) < 4.78 is 5.07. The molecule has 3 amide bonds. The van der Waals surface area contributed by atoms with Crippen LogP contribution in [0.1, 0.15) is 33.5 Å². The molecule has 31 heavy (non-hydrogen) atoms. The van der Waals surface area contributed by atoms with Gasteiger partial charge in [-0.05, 0) is 56.2 Å². The Hall–Kier alpha value is -3.68. The lowest BCUT2D eigenvalue weighted by molar-refractivity contribution is -0.151. The fraction of sp³-hybridized carbons (Fsp3) is 0.304. The van der Waals surface area contributed by atoms with Crippen molar-refractivity contribution in [2.24, 2.45) is 5.92 Å². The van der Waals surface area contributed by atoms with Gasteiger partial charge < -0.3 is 10.1 Å². The summed E-state index contributed by atoms with van der Waals surface area (Å²) in [6.45, 7) is 5.35. The van der Waals surface area contributed by atoms with E-state index < -0.39 is 30.3 Å². The maximum Gasteiger partial charge on any atom is 0.311 e. The van der Waals surface area contributed by atoms with Crippen LogP contribution in [0.25, 0.3) is 0 Å². The lowest BCUT2D eigenvalue weighted by Crippen LogP contribution is -2.43. The van der Waals surface area contributed by atoms with Crippen molar-refractivity contribution >= 4 is 29.4 Å². The number of aryl methyl sites for hydroxylation is 3. The van der Waals surface area contributed by atoms with Gasteiger partial charge in [-0.2, -0.15) is 0 Å². The summed E-state index contributed by atoms with van der Waals surface area (Å²) in [5.41, 5.74) is 6.69. The third-order valence-corrected chi connectivity index (χ3v) is 5.14. The molecule has 0 saturated carbocycles. The third kappa shape index (κ3) is 5.69. The molecule has 2 aromatic carbocycles. The number of anilines is 1. The van der Waals surface area contributed by atoms with Crippen LogP contribution in [0.4, 0.5) is 5.69 Å². The van der Waals surface area contributed by atoms with Gasteiger partial charge in [-0.3, -0.25) is 29.6 Å². The van der Waals surface area contributed by atoms with Gasteiger partial charge in [0.25, 0.3) is 11.8 Å². The van der Waals surface area contributed by atoms with E-state index in [-0.39, 0.29) is 18.9 Å². The van der Waals surface area contributed by atoms with E-state index in [1.807, 2.05) is 32.9 Å². The van der Waals surface area contributed by atoms with Crippen molar-refractivity contribution in [2.45, 2.75) is 27.2 Å². The van der Waals surface area contributed by atoms with E-state index in [0.29, 0.717) is 11.3 Å². The summed E-state index contributed by atoms with van der Waals surface area (Å²) in [6.07, 6.45) is -0.0915. The van der Waals surface area contributed by atoms with Crippen LogP contribution in [0, 0.1) is 26.7 Å². The average molecular weight is 423 g/mol. The van der Waals surface area contributed by atoms with E-state index in [1.54, 1.807) is 30.3 Å². The van der Waals surface area contributed by atoms with Gasteiger partial charge in [-0.1, -0.05) is 23.8 Å². The number of carbonyl (C=O) groups excluding carboxylic acids is 4. The van der Waals surface area contributed by atoms with Crippen LogP contribution in [-0.2, 0) is 19.1 Å². The second-order valence-electron chi connectivity index (χ2n) is 7.67.